The molecule has 0 unspecified atom stereocenters. The first-order chi connectivity index (χ1) is 12.7. The molecule has 2 heteroatoms. The van der Waals surface area contributed by atoms with E-state index < -0.39 is 0 Å². The lowest BCUT2D eigenvalue weighted by Gasteiger charge is -2.30. The van der Waals surface area contributed by atoms with Crippen molar-refractivity contribution >= 4 is 5.78 Å². The molecule has 0 heterocycles. The number of hydrogen-bond acceptors (Lipinski definition) is 2. The third kappa shape index (κ3) is 3.52. The number of allylic oxidation sites excluding steroid dienone is 1. The van der Waals surface area contributed by atoms with Gasteiger partial charge in [-0.3, -0.25) is 9.69 Å². The van der Waals surface area contributed by atoms with Crippen molar-refractivity contribution in [2.75, 3.05) is 0 Å². The highest BCUT2D eigenvalue weighted by molar-refractivity contribution is 6.00. The Bertz CT molecular complexity index is 752. The number of hydrogen-bond donors (Lipinski definition) is 0. The van der Waals surface area contributed by atoms with Gasteiger partial charge in [0.2, 0.25) is 0 Å². The molecule has 134 valence electrons. The van der Waals surface area contributed by atoms with Gasteiger partial charge in [0, 0.05) is 31.1 Å². The van der Waals surface area contributed by atoms with Crippen LogP contribution in [0, 0.1) is 5.92 Å². The Balaban J connectivity index is 1.63. The molecular weight excluding hydrogens is 318 g/mol. The van der Waals surface area contributed by atoms with Crippen molar-refractivity contribution in [2.24, 2.45) is 5.92 Å². The fraction of sp³-hybridized carbons (Fsp3) is 0.375. The normalized spacial score (nSPS) is 20.7. The number of carbonyl (C=O) groups is 1. The van der Waals surface area contributed by atoms with Gasteiger partial charge in [0.1, 0.15) is 0 Å². The second kappa shape index (κ2) is 7.59. The zero-order valence-electron chi connectivity index (χ0n) is 15.5. The molecular formula is C24H27NO. The number of benzene rings is 2. The Labute approximate surface area is 156 Å². The molecule has 1 fully saturated rings. The van der Waals surface area contributed by atoms with E-state index in [1.54, 1.807) is 0 Å². The summed E-state index contributed by atoms with van der Waals surface area (Å²) in [5.41, 5.74) is 5.19. The summed E-state index contributed by atoms with van der Waals surface area (Å²) in [6, 6.07) is 21.4. The fourth-order valence-corrected chi connectivity index (χ4v) is 4.66. The van der Waals surface area contributed by atoms with Crippen LogP contribution in [0.25, 0.3) is 0 Å². The van der Waals surface area contributed by atoms with Crippen molar-refractivity contribution in [3.63, 3.8) is 0 Å². The number of nitrogens with zero attached hydrogens (tertiary/aromatic N) is 1. The minimum absolute atomic E-state index is 0.168. The van der Waals surface area contributed by atoms with Crippen LogP contribution in [0.3, 0.4) is 0 Å². The van der Waals surface area contributed by atoms with Gasteiger partial charge in [0.05, 0.1) is 0 Å². The molecule has 0 radical (unpaired) electrons. The van der Waals surface area contributed by atoms with Gasteiger partial charge in [-0.25, -0.2) is 0 Å². The first-order valence-electron chi connectivity index (χ1n) is 9.80. The molecule has 2 aromatic rings. The molecule has 4 rings (SSSR count). The summed E-state index contributed by atoms with van der Waals surface area (Å²) < 4.78 is 0. The van der Waals surface area contributed by atoms with Gasteiger partial charge in [-0.15, -0.1) is 0 Å². The standard InChI is InChI=1S/C24H27NO/c1-18(24-22-14-8-13-21(22)15-23(24)26)25(16-19-9-4-2-5-10-19)17-20-11-6-3-7-12-20/h2-7,9-12,18,21H,8,13-17H2,1H3/t18-,21-/m0/s1. The van der Waals surface area contributed by atoms with E-state index in [1.807, 2.05) is 0 Å². The summed E-state index contributed by atoms with van der Waals surface area (Å²) in [6.07, 6.45) is 4.33. The summed E-state index contributed by atoms with van der Waals surface area (Å²) in [5, 5.41) is 0. The van der Waals surface area contributed by atoms with Gasteiger partial charge in [-0.05, 0) is 43.2 Å². The largest absolute Gasteiger partial charge is 0.294 e. The lowest BCUT2D eigenvalue weighted by molar-refractivity contribution is -0.116. The topological polar surface area (TPSA) is 20.3 Å². The second-order valence-electron chi connectivity index (χ2n) is 7.71. The Morgan fingerprint density at radius 1 is 0.962 bits per heavy atom. The van der Waals surface area contributed by atoms with E-state index in [2.05, 4.69) is 72.5 Å². The summed E-state index contributed by atoms with van der Waals surface area (Å²) in [7, 11) is 0. The van der Waals surface area contributed by atoms with Crippen molar-refractivity contribution in [1.82, 2.24) is 4.90 Å². The van der Waals surface area contributed by atoms with E-state index in [1.165, 1.54) is 29.5 Å². The third-order valence-electron chi connectivity index (χ3n) is 5.99. The van der Waals surface area contributed by atoms with Crippen LogP contribution in [0.5, 0.6) is 0 Å². The molecule has 2 aromatic carbocycles. The molecule has 0 aliphatic heterocycles. The molecule has 26 heavy (non-hydrogen) atoms. The maximum atomic E-state index is 12.8. The number of ketones is 1. The molecule has 0 spiro atoms. The van der Waals surface area contributed by atoms with Crippen molar-refractivity contribution in [2.45, 2.75) is 51.7 Å². The van der Waals surface area contributed by atoms with E-state index >= 15 is 0 Å². The molecule has 0 aromatic heterocycles. The quantitative estimate of drug-likeness (QED) is 0.722. The molecule has 2 aliphatic rings. The van der Waals surface area contributed by atoms with E-state index in [0.29, 0.717) is 11.7 Å². The maximum absolute atomic E-state index is 12.8. The van der Waals surface area contributed by atoms with Crippen molar-refractivity contribution < 1.29 is 4.79 Å². The Morgan fingerprint density at radius 2 is 1.54 bits per heavy atom. The van der Waals surface area contributed by atoms with Crippen LogP contribution in [0.4, 0.5) is 0 Å². The lowest BCUT2D eigenvalue weighted by atomic mass is 9.99. The Kier molecular flexibility index (Phi) is 5.03. The first-order valence-corrected chi connectivity index (χ1v) is 9.80. The predicted octanol–water partition coefficient (Wildman–Crippen LogP) is 5.15. The number of Topliss-reactive ketones (excluding diaryl/α,β-unsaturated/α-hetero) is 1. The van der Waals surface area contributed by atoms with Crippen LogP contribution in [0.1, 0.15) is 43.7 Å². The number of fused-ring (bicyclic) bond motifs is 1. The van der Waals surface area contributed by atoms with E-state index in [9.17, 15) is 4.79 Å². The monoisotopic (exact) mass is 345 g/mol. The van der Waals surface area contributed by atoms with E-state index in [0.717, 1.165) is 31.5 Å². The summed E-state index contributed by atoms with van der Waals surface area (Å²) in [4.78, 5) is 15.2. The zero-order valence-corrected chi connectivity index (χ0v) is 15.5. The lowest BCUT2D eigenvalue weighted by Crippen LogP contribution is -2.35. The minimum Gasteiger partial charge on any atom is -0.294 e. The van der Waals surface area contributed by atoms with Gasteiger partial charge in [0.15, 0.2) is 5.78 Å². The zero-order chi connectivity index (χ0) is 17.9. The molecule has 0 amide bonds. The summed E-state index contributed by atoms with van der Waals surface area (Å²) >= 11 is 0. The van der Waals surface area contributed by atoms with Gasteiger partial charge < -0.3 is 0 Å². The molecule has 0 N–H and O–H groups in total. The molecule has 2 aliphatic carbocycles. The molecule has 0 bridgehead atoms. The number of carbonyl (C=O) groups excluding carboxylic acids is 1. The Hall–Kier alpha value is -2.19. The molecule has 2 atom stereocenters. The summed E-state index contributed by atoms with van der Waals surface area (Å²) in [6.45, 7) is 3.96. The van der Waals surface area contributed by atoms with Crippen LogP contribution in [-0.4, -0.2) is 16.7 Å². The number of rotatable bonds is 6. The fourth-order valence-electron chi connectivity index (χ4n) is 4.66. The molecule has 0 saturated heterocycles. The van der Waals surface area contributed by atoms with Gasteiger partial charge in [0.25, 0.3) is 0 Å². The smallest absolute Gasteiger partial charge is 0.161 e. The average molecular weight is 345 g/mol. The second-order valence-corrected chi connectivity index (χ2v) is 7.71. The molecule has 2 nitrogen and oxygen atoms in total. The highest BCUT2D eigenvalue weighted by Gasteiger charge is 2.38. The highest BCUT2D eigenvalue weighted by atomic mass is 16.1. The van der Waals surface area contributed by atoms with Crippen molar-refractivity contribution in [3.05, 3.63) is 82.9 Å². The SMILES string of the molecule is C[C@@H](C1=C2CCC[C@H]2CC1=O)N(Cc1ccccc1)Cc1ccccc1. The van der Waals surface area contributed by atoms with E-state index in [-0.39, 0.29) is 6.04 Å². The average Bonchev–Trinajstić information content (AvgIpc) is 3.22. The molecule has 1 saturated carbocycles. The van der Waals surface area contributed by atoms with Crippen LogP contribution in [0.15, 0.2) is 71.8 Å². The van der Waals surface area contributed by atoms with Crippen LogP contribution in [-0.2, 0) is 17.9 Å². The highest BCUT2D eigenvalue weighted by Crippen LogP contribution is 2.43. The van der Waals surface area contributed by atoms with Crippen molar-refractivity contribution in [1.29, 1.82) is 0 Å². The van der Waals surface area contributed by atoms with Crippen molar-refractivity contribution in [3.8, 4) is 0 Å². The first kappa shape index (κ1) is 17.2. The van der Waals surface area contributed by atoms with Gasteiger partial charge in [-0.1, -0.05) is 66.2 Å². The predicted molar refractivity (Wildman–Crippen MR) is 106 cm³/mol. The minimum atomic E-state index is 0.168. The third-order valence-corrected chi connectivity index (χ3v) is 5.99. The van der Waals surface area contributed by atoms with Gasteiger partial charge in [-0.2, -0.15) is 0 Å². The maximum Gasteiger partial charge on any atom is 0.161 e. The Morgan fingerprint density at radius 3 is 2.12 bits per heavy atom. The van der Waals surface area contributed by atoms with Crippen LogP contribution >= 0.6 is 0 Å². The van der Waals surface area contributed by atoms with Gasteiger partial charge >= 0.3 is 0 Å². The van der Waals surface area contributed by atoms with Crippen LogP contribution in [0.2, 0.25) is 0 Å². The summed E-state index contributed by atoms with van der Waals surface area (Å²) in [5.74, 6) is 0.929. The van der Waals surface area contributed by atoms with Crippen LogP contribution < -0.4 is 0 Å². The van der Waals surface area contributed by atoms with E-state index in [4.69, 9.17) is 0 Å².